The summed E-state index contributed by atoms with van der Waals surface area (Å²) in [4.78, 5) is 16.8. The van der Waals surface area contributed by atoms with Crippen molar-refractivity contribution in [2.24, 2.45) is 10.1 Å². The third kappa shape index (κ3) is 3.96. The average Bonchev–Trinajstić information content (AvgIpc) is 3.43. The minimum atomic E-state index is -0.576. The van der Waals surface area contributed by atoms with E-state index in [4.69, 9.17) is 9.41 Å². The van der Waals surface area contributed by atoms with Gasteiger partial charge in [0.2, 0.25) is 4.80 Å². The predicted molar refractivity (Wildman–Crippen MR) is 115 cm³/mol. The van der Waals surface area contributed by atoms with E-state index in [9.17, 15) is 10.1 Å². The molecule has 0 saturated carbocycles. The molecular formula is C20H16N4O3S2. The summed E-state index contributed by atoms with van der Waals surface area (Å²) < 4.78 is 6.92. The highest BCUT2D eigenvalue weighted by atomic mass is 32.1. The van der Waals surface area contributed by atoms with Gasteiger partial charge in [0.1, 0.15) is 4.92 Å². The van der Waals surface area contributed by atoms with Crippen LogP contribution in [0.3, 0.4) is 0 Å². The molecule has 9 heteroatoms. The number of hydrogen-bond donors (Lipinski definition) is 0. The molecule has 0 aliphatic heterocycles. The van der Waals surface area contributed by atoms with E-state index >= 15 is 0 Å². The number of thiophene rings is 1. The molecule has 0 aliphatic carbocycles. The number of aryl methyl sites for hydroxylation is 2. The van der Waals surface area contributed by atoms with Gasteiger partial charge in [-0.2, -0.15) is 5.10 Å². The third-order valence-corrected chi connectivity index (χ3v) is 5.91. The third-order valence-electron chi connectivity index (χ3n) is 4.20. The molecule has 3 aromatic heterocycles. The van der Waals surface area contributed by atoms with E-state index in [1.54, 1.807) is 16.0 Å². The van der Waals surface area contributed by atoms with Crippen molar-refractivity contribution in [3.8, 4) is 10.6 Å². The molecule has 0 radical (unpaired) electrons. The Morgan fingerprint density at radius 1 is 1.10 bits per heavy atom. The lowest BCUT2D eigenvalue weighted by Crippen LogP contribution is -2.11. The second kappa shape index (κ2) is 7.98. The molecule has 4 rings (SSSR count). The summed E-state index contributed by atoms with van der Waals surface area (Å²) in [5.41, 5.74) is 3.96. The Morgan fingerprint density at radius 2 is 1.90 bits per heavy atom. The molecule has 0 amide bonds. The molecule has 0 N–H and O–H groups in total. The molecule has 4 aromatic rings. The molecule has 29 heavy (non-hydrogen) atoms. The molecule has 0 saturated heterocycles. The number of para-hydroxylation sites is 1. The number of aromatic nitrogens is 1. The lowest BCUT2D eigenvalue weighted by atomic mass is 10.1. The van der Waals surface area contributed by atoms with Crippen LogP contribution >= 0.6 is 22.7 Å². The first-order valence-corrected chi connectivity index (χ1v) is 10.4. The van der Waals surface area contributed by atoms with Gasteiger partial charge >= 0.3 is 5.88 Å². The molecule has 146 valence electrons. The Bertz CT molecular complexity index is 1240. The van der Waals surface area contributed by atoms with Crippen molar-refractivity contribution in [3.05, 3.63) is 85.0 Å². The molecule has 1 aromatic carbocycles. The second-order valence-electron chi connectivity index (χ2n) is 6.22. The van der Waals surface area contributed by atoms with E-state index in [1.165, 1.54) is 29.7 Å². The smallest absolute Gasteiger partial charge is 0.400 e. The standard InChI is InChI=1S/C20H16N4O3S2/c1-13-5-3-6-14(2)19(13)22-20-23(16(12-29-20)17-7-4-10-28-17)21-11-15-8-9-18(27-15)24(25)26/h3-12H,1-2H3. The summed E-state index contributed by atoms with van der Waals surface area (Å²) in [5.74, 6) is -0.0220. The fraction of sp³-hybridized carbons (Fsp3) is 0.100. The van der Waals surface area contributed by atoms with Gasteiger partial charge in [-0.1, -0.05) is 24.3 Å². The summed E-state index contributed by atoms with van der Waals surface area (Å²) in [5, 5.41) is 19.3. The molecule has 0 unspecified atom stereocenters. The lowest BCUT2D eigenvalue weighted by molar-refractivity contribution is -0.402. The first-order valence-electron chi connectivity index (χ1n) is 8.67. The van der Waals surface area contributed by atoms with Gasteiger partial charge in [0, 0.05) is 5.38 Å². The van der Waals surface area contributed by atoms with Crippen molar-refractivity contribution >= 4 is 40.5 Å². The first-order chi connectivity index (χ1) is 14.0. The molecule has 0 bridgehead atoms. The Hall–Kier alpha value is -3.30. The molecule has 7 nitrogen and oxygen atoms in total. The Morgan fingerprint density at radius 3 is 2.55 bits per heavy atom. The molecule has 0 spiro atoms. The van der Waals surface area contributed by atoms with Crippen LogP contribution in [-0.2, 0) is 0 Å². The highest BCUT2D eigenvalue weighted by Crippen LogP contribution is 2.27. The Kier molecular flexibility index (Phi) is 5.24. The van der Waals surface area contributed by atoms with Crippen LogP contribution < -0.4 is 4.80 Å². The average molecular weight is 425 g/mol. The van der Waals surface area contributed by atoms with Crippen molar-refractivity contribution < 1.29 is 9.34 Å². The molecule has 3 heterocycles. The van der Waals surface area contributed by atoms with Gasteiger partial charge in [0.05, 0.1) is 28.5 Å². The monoisotopic (exact) mass is 424 g/mol. The fourth-order valence-electron chi connectivity index (χ4n) is 2.79. The summed E-state index contributed by atoms with van der Waals surface area (Å²) in [6, 6.07) is 12.9. The van der Waals surface area contributed by atoms with Crippen LogP contribution in [-0.4, -0.2) is 15.8 Å². The normalized spacial score (nSPS) is 12.1. The van der Waals surface area contributed by atoms with Gasteiger partial charge in [-0.25, -0.2) is 9.67 Å². The van der Waals surface area contributed by atoms with Crippen LogP contribution in [0.25, 0.3) is 10.6 Å². The zero-order valence-electron chi connectivity index (χ0n) is 15.6. The number of rotatable bonds is 5. The largest absolute Gasteiger partial charge is 0.433 e. The van der Waals surface area contributed by atoms with Crippen LogP contribution in [0.4, 0.5) is 11.6 Å². The van der Waals surface area contributed by atoms with Crippen molar-refractivity contribution in [3.63, 3.8) is 0 Å². The lowest BCUT2D eigenvalue weighted by Gasteiger charge is -2.04. The van der Waals surface area contributed by atoms with Crippen molar-refractivity contribution in [2.45, 2.75) is 13.8 Å². The van der Waals surface area contributed by atoms with Crippen LogP contribution in [0.1, 0.15) is 16.9 Å². The van der Waals surface area contributed by atoms with E-state index in [2.05, 4.69) is 5.10 Å². The SMILES string of the molecule is Cc1cccc(C)c1N=c1scc(-c2cccs2)n1N=Cc1ccc([N+](=O)[O-])o1. The molecule has 0 atom stereocenters. The summed E-state index contributed by atoms with van der Waals surface area (Å²) in [7, 11) is 0. The predicted octanol–water partition coefficient (Wildman–Crippen LogP) is 5.51. The van der Waals surface area contributed by atoms with Gasteiger partial charge < -0.3 is 4.42 Å². The summed E-state index contributed by atoms with van der Waals surface area (Å²) >= 11 is 3.09. The zero-order chi connectivity index (χ0) is 20.4. The van der Waals surface area contributed by atoms with Crippen molar-refractivity contribution in [1.82, 2.24) is 4.68 Å². The number of benzene rings is 1. The molecule has 0 aliphatic rings. The van der Waals surface area contributed by atoms with Gasteiger partial charge in [-0.3, -0.25) is 10.1 Å². The van der Waals surface area contributed by atoms with Crippen molar-refractivity contribution in [2.75, 3.05) is 0 Å². The zero-order valence-corrected chi connectivity index (χ0v) is 17.2. The van der Waals surface area contributed by atoms with E-state index in [-0.39, 0.29) is 5.88 Å². The second-order valence-corrected chi connectivity index (χ2v) is 8.01. The van der Waals surface area contributed by atoms with Crippen molar-refractivity contribution in [1.29, 1.82) is 0 Å². The maximum Gasteiger partial charge on any atom is 0.433 e. The van der Waals surface area contributed by atoms with Crippen LogP contribution in [0.5, 0.6) is 0 Å². The van der Waals surface area contributed by atoms with E-state index < -0.39 is 4.92 Å². The maximum atomic E-state index is 10.8. The van der Waals surface area contributed by atoms with Gasteiger partial charge in [-0.15, -0.1) is 22.7 Å². The highest BCUT2D eigenvalue weighted by Gasteiger charge is 2.12. The fourth-order valence-corrected chi connectivity index (χ4v) is 4.42. The number of hydrogen-bond acceptors (Lipinski definition) is 7. The number of nitrogens with zero attached hydrogens (tertiary/aromatic N) is 4. The number of nitro groups is 1. The highest BCUT2D eigenvalue weighted by molar-refractivity contribution is 7.14. The number of furan rings is 1. The minimum absolute atomic E-state index is 0.297. The summed E-state index contributed by atoms with van der Waals surface area (Å²) in [6.07, 6.45) is 1.46. The van der Waals surface area contributed by atoms with Gasteiger partial charge in [0.25, 0.3) is 0 Å². The van der Waals surface area contributed by atoms with Crippen LogP contribution in [0, 0.1) is 24.0 Å². The quantitative estimate of drug-likeness (QED) is 0.240. The summed E-state index contributed by atoms with van der Waals surface area (Å²) in [6.45, 7) is 4.05. The topological polar surface area (TPSA) is 85.9 Å². The van der Waals surface area contributed by atoms with Gasteiger partial charge in [0.15, 0.2) is 5.76 Å². The molecular weight excluding hydrogens is 408 g/mol. The van der Waals surface area contributed by atoms with E-state index in [0.29, 0.717) is 10.6 Å². The van der Waals surface area contributed by atoms with E-state index in [0.717, 1.165) is 27.4 Å². The van der Waals surface area contributed by atoms with Gasteiger partial charge in [-0.05, 0) is 42.5 Å². The van der Waals surface area contributed by atoms with E-state index in [1.807, 2.05) is 54.9 Å². The maximum absolute atomic E-state index is 10.8. The number of thiazole rings is 1. The Labute approximate surface area is 174 Å². The first kappa shape index (κ1) is 19.0. The minimum Gasteiger partial charge on any atom is -0.400 e. The van der Waals surface area contributed by atoms with Crippen LogP contribution in [0.15, 0.2) is 67.7 Å². The van der Waals surface area contributed by atoms with Crippen LogP contribution in [0.2, 0.25) is 0 Å². The molecule has 0 fully saturated rings. The Balaban J connectivity index is 1.84.